The number of benzene rings is 1. The first-order valence-corrected chi connectivity index (χ1v) is 6.29. The summed E-state index contributed by atoms with van der Waals surface area (Å²) in [6, 6.07) is 7.13. The molecule has 2 heteroatoms. The van der Waals surface area contributed by atoms with Crippen molar-refractivity contribution in [2.75, 3.05) is 11.9 Å². The van der Waals surface area contributed by atoms with Gasteiger partial charge >= 0.3 is 0 Å². The first kappa shape index (κ1) is 11.5. The molecule has 0 bridgehead atoms. The maximum Gasteiger partial charge on any atom is 0.0406 e. The molecule has 1 atom stereocenters. The molecular formula is C14H22N2. The van der Waals surface area contributed by atoms with Crippen molar-refractivity contribution >= 4 is 5.69 Å². The van der Waals surface area contributed by atoms with Crippen molar-refractivity contribution in [3.8, 4) is 0 Å². The first-order chi connectivity index (χ1) is 7.70. The molecule has 1 unspecified atom stereocenters. The Morgan fingerprint density at radius 1 is 1.25 bits per heavy atom. The molecule has 0 aromatic heterocycles. The van der Waals surface area contributed by atoms with Gasteiger partial charge in [0.15, 0.2) is 0 Å². The Morgan fingerprint density at radius 3 is 2.69 bits per heavy atom. The summed E-state index contributed by atoms with van der Waals surface area (Å²) < 4.78 is 0. The molecule has 0 saturated carbocycles. The average Bonchev–Trinajstić information content (AvgIpc) is 2.72. The molecule has 0 fully saturated rings. The highest BCUT2D eigenvalue weighted by atomic mass is 14.9. The van der Waals surface area contributed by atoms with Gasteiger partial charge < -0.3 is 11.1 Å². The number of aryl methyl sites for hydroxylation is 2. The number of nitrogens with one attached hydrogen (secondary N) is 1. The van der Waals surface area contributed by atoms with Gasteiger partial charge in [0, 0.05) is 18.3 Å². The summed E-state index contributed by atoms with van der Waals surface area (Å²) in [6.45, 7) is 5.10. The predicted molar refractivity (Wildman–Crippen MR) is 69.8 cm³/mol. The molecule has 0 aliphatic heterocycles. The number of hydrogen-bond acceptors (Lipinski definition) is 2. The zero-order chi connectivity index (χ0) is 11.5. The maximum atomic E-state index is 5.77. The smallest absolute Gasteiger partial charge is 0.0406 e. The van der Waals surface area contributed by atoms with Crippen LogP contribution in [0.2, 0.25) is 0 Å². The Labute approximate surface area is 98.2 Å². The molecule has 16 heavy (non-hydrogen) atoms. The van der Waals surface area contributed by atoms with Crippen molar-refractivity contribution in [2.24, 2.45) is 11.7 Å². The largest absolute Gasteiger partial charge is 0.381 e. The minimum absolute atomic E-state index is 0.374. The van der Waals surface area contributed by atoms with E-state index in [2.05, 4.69) is 37.4 Å². The van der Waals surface area contributed by atoms with Crippen molar-refractivity contribution in [1.82, 2.24) is 0 Å². The third-order valence-corrected chi connectivity index (χ3v) is 3.51. The molecule has 1 aliphatic carbocycles. The Balaban J connectivity index is 2.10. The zero-order valence-electron chi connectivity index (χ0n) is 10.3. The molecule has 2 rings (SSSR count). The van der Waals surface area contributed by atoms with Crippen LogP contribution in [-0.4, -0.2) is 12.6 Å². The number of hydrogen-bond donors (Lipinski definition) is 2. The molecular weight excluding hydrogens is 196 g/mol. The fourth-order valence-electron chi connectivity index (χ4n) is 2.37. The average molecular weight is 218 g/mol. The number of anilines is 1. The molecule has 0 spiro atoms. The van der Waals surface area contributed by atoms with Gasteiger partial charge in [-0.15, -0.1) is 0 Å². The van der Waals surface area contributed by atoms with Crippen LogP contribution in [0.3, 0.4) is 0 Å². The molecule has 88 valence electrons. The van der Waals surface area contributed by atoms with Crippen molar-refractivity contribution in [2.45, 2.75) is 39.2 Å². The van der Waals surface area contributed by atoms with Gasteiger partial charge in [0.25, 0.3) is 0 Å². The highest BCUT2D eigenvalue weighted by Crippen LogP contribution is 2.25. The topological polar surface area (TPSA) is 38.0 Å². The second-order valence-corrected chi connectivity index (χ2v) is 5.07. The fraction of sp³-hybridized carbons (Fsp3) is 0.571. The zero-order valence-corrected chi connectivity index (χ0v) is 10.3. The van der Waals surface area contributed by atoms with E-state index in [0.29, 0.717) is 18.5 Å². The highest BCUT2D eigenvalue weighted by Gasteiger charge is 2.14. The Morgan fingerprint density at radius 2 is 2.00 bits per heavy atom. The Bertz CT molecular complexity index is 358. The predicted octanol–water partition coefficient (Wildman–Crippen LogP) is 2.57. The summed E-state index contributed by atoms with van der Waals surface area (Å²) in [5.74, 6) is 0.568. The molecule has 0 heterocycles. The third-order valence-electron chi connectivity index (χ3n) is 3.51. The van der Waals surface area contributed by atoms with Gasteiger partial charge in [0.05, 0.1) is 0 Å². The van der Waals surface area contributed by atoms with E-state index in [1.807, 2.05) is 0 Å². The van der Waals surface area contributed by atoms with E-state index in [1.54, 1.807) is 0 Å². The van der Waals surface area contributed by atoms with E-state index in [1.165, 1.54) is 36.1 Å². The van der Waals surface area contributed by atoms with Crippen LogP contribution in [-0.2, 0) is 12.8 Å². The van der Waals surface area contributed by atoms with Crippen LogP contribution in [0.1, 0.15) is 31.4 Å². The van der Waals surface area contributed by atoms with E-state index < -0.39 is 0 Å². The minimum atomic E-state index is 0.374. The summed E-state index contributed by atoms with van der Waals surface area (Å²) in [5, 5.41) is 3.53. The summed E-state index contributed by atoms with van der Waals surface area (Å²) in [7, 11) is 0. The first-order valence-electron chi connectivity index (χ1n) is 6.29. The van der Waals surface area contributed by atoms with Crippen LogP contribution < -0.4 is 11.1 Å². The van der Waals surface area contributed by atoms with Crippen LogP contribution >= 0.6 is 0 Å². The summed E-state index contributed by atoms with van der Waals surface area (Å²) >= 11 is 0. The van der Waals surface area contributed by atoms with Crippen LogP contribution in [0, 0.1) is 5.92 Å². The lowest BCUT2D eigenvalue weighted by Crippen LogP contribution is -2.33. The van der Waals surface area contributed by atoms with Gasteiger partial charge in [-0.3, -0.25) is 0 Å². The molecule has 0 saturated heterocycles. The van der Waals surface area contributed by atoms with E-state index >= 15 is 0 Å². The Kier molecular flexibility index (Phi) is 3.49. The van der Waals surface area contributed by atoms with Gasteiger partial charge in [-0.25, -0.2) is 0 Å². The SMILES string of the molecule is CC(C)C(CN)Nc1ccc2c(c1)CCC2. The van der Waals surface area contributed by atoms with E-state index in [9.17, 15) is 0 Å². The Hall–Kier alpha value is -1.02. The molecule has 1 aliphatic rings. The van der Waals surface area contributed by atoms with Crippen LogP contribution in [0.5, 0.6) is 0 Å². The van der Waals surface area contributed by atoms with E-state index in [-0.39, 0.29) is 0 Å². The molecule has 1 aromatic rings. The molecule has 1 aromatic carbocycles. The lowest BCUT2D eigenvalue weighted by atomic mass is 10.0. The van der Waals surface area contributed by atoms with Gasteiger partial charge in [-0.05, 0) is 48.4 Å². The second-order valence-electron chi connectivity index (χ2n) is 5.07. The standard InChI is InChI=1S/C14H22N2/c1-10(2)14(9-15)16-13-7-6-11-4-3-5-12(11)8-13/h6-8,10,14,16H,3-5,9,15H2,1-2H3. The quantitative estimate of drug-likeness (QED) is 0.815. The van der Waals surface area contributed by atoms with E-state index in [4.69, 9.17) is 5.73 Å². The molecule has 0 amide bonds. The third kappa shape index (κ3) is 2.38. The molecule has 3 N–H and O–H groups in total. The van der Waals surface area contributed by atoms with E-state index in [0.717, 1.165) is 0 Å². The van der Waals surface area contributed by atoms with Gasteiger partial charge in [0.2, 0.25) is 0 Å². The number of nitrogens with two attached hydrogens (primary N) is 1. The number of rotatable bonds is 4. The lowest BCUT2D eigenvalue weighted by Gasteiger charge is -2.22. The molecule has 0 radical (unpaired) electrons. The minimum Gasteiger partial charge on any atom is -0.381 e. The van der Waals surface area contributed by atoms with Crippen molar-refractivity contribution in [3.63, 3.8) is 0 Å². The van der Waals surface area contributed by atoms with Crippen LogP contribution in [0.4, 0.5) is 5.69 Å². The normalized spacial score (nSPS) is 16.2. The maximum absolute atomic E-state index is 5.77. The van der Waals surface area contributed by atoms with Gasteiger partial charge in [-0.2, -0.15) is 0 Å². The van der Waals surface area contributed by atoms with Crippen molar-refractivity contribution in [1.29, 1.82) is 0 Å². The van der Waals surface area contributed by atoms with Crippen molar-refractivity contribution in [3.05, 3.63) is 29.3 Å². The van der Waals surface area contributed by atoms with Gasteiger partial charge in [0.1, 0.15) is 0 Å². The van der Waals surface area contributed by atoms with Crippen molar-refractivity contribution < 1.29 is 0 Å². The van der Waals surface area contributed by atoms with Crippen LogP contribution in [0.25, 0.3) is 0 Å². The lowest BCUT2D eigenvalue weighted by molar-refractivity contribution is 0.531. The fourth-order valence-corrected chi connectivity index (χ4v) is 2.37. The van der Waals surface area contributed by atoms with Crippen LogP contribution in [0.15, 0.2) is 18.2 Å². The second kappa shape index (κ2) is 4.88. The summed E-state index contributed by atoms with van der Waals surface area (Å²) in [4.78, 5) is 0. The highest BCUT2D eigenvalue weighted by molar-refractivity contribution is 5.50. The molecule has 2 nitrogen and oxygen atoms in total. The number of fused-ring (bicyclic) bond motifs is 1. The monoisotopic (exact) mass is 218 g/mol. The summed E-state index contributed by atoms with van der Waals surface area (Å²) in [5.41, 5.74) is 10.0. The van der Waals surface area contributed by atoms with Gasteiger partial charge in [-0.1, -0.05) is 19.9 Å². The summed E-state index contributed by atoms with van der Waals surface area (Å²) in [6.07, 6.45) is 3.79.